The first-order valence-electron chi connectivity index (χ1n) is 9.55. The fraction of sp³-hybridized carbons (Fsp3) is 0.556. The van der Waals surface area contributed by atoms with Gasteiger partial charge in [-0.25, -0.2) is 4.98 Å². The third kappa shape index (κ3) is 4.04. The van der Waals surface area contributed by atoms with Gasteiger partial charge in [-0.3, -0.25) is 5.10 Å². The number of aliphatic hydroxyl groups excluding tert-OH is 1. The second-order valence-electron chi connectivity index (χ2n) is 8.45. The first-order chi connectivity index (χ1) is 14.0. The molecule has 0 radical (unpaired) electrons. The highest BCUT2D eigenvalue weighted by Crippen LogP contribution is 2.32. The number of fused-ring (bicyclic) bond motifs is 1. The summed E-state index contributed by atoms with van der Waals surface area (Å²) in [5.41, 5.74) is -0.352. The van der Waals surface area contributed by atoms with E-state index in [2.05, 4.69) is 25.4 Å². The van der Waals surface area contributed by atoms with Gasteiger partial charge in [-0.2, -0.15) is 28.2 Å². The van der Waals surface area contributed by atoms with Crippen molar-refractivity contribution in [2.75, 3.05) is 23.3 Å². The fourth-order valence-corrected chi connectivity index (χ4v) is 3.45. The summed E-state index contributed by atoms with van der Waals surface area (Å²) in [5, 5.41) is 18.7. The Kier molecular flexibility index (Phi) is 4.83. The van der Waals surface area contributed by atoms with Gasteiger partial charge in [-0.05, 0) is 27.2 Å². The number of anilines is 2. The summed E-state index contributed by atoms with van der Waals surface area (Å²) >= 11 is 0. The molecule has 1 saturated heterocycles. The second-order valence-corrected chi connectivity index (χ2v) is 8.45. The van der Waals surface area contributed by atoms with Crippen LogP contribution in [0.2, 0.25) is 0 Å². The Labute approximate surface area is 170 Å². The number of nitrogens with zero attached hydrogens (tertiary/aromatic N) is 6. The Balaban J connectivity index is 1.78. The minimum atomic E-state index is -4.53. The van der Waals surface area contributed by atoms with Crippen LogP contribution < -0.4 is 10.2 Å². The number of halogens is 3. The van der Waals surface area contributed by atoms with Crippen LogP contribution in [-0.2, 0) is 12.7 Å². The number of H-pyrrole nitrogens is 1. The number of alkyl halides is 3. The first-order valence-corrected chi connectivity index (χ1v) is 9.55. The maximum Gasteiger partial charge on any atom is 0.433 e. The van der Waals surface area contributed by atoms with Crippen LogP contribution >= 0.6 is 0 Å². The van der Waals surface area contributed by atoms with Gasteiger partial charge in [-0.15, -0.1) is 0 Å². The lowest BCUT2D eigenvalue weighted by molar-refractivity contribution is -0.141. The maximum absolute atomic E-state index is 13.2. The number of imidazole rings is 1. The van der Waals surface area contributed by atoms with Crippen LogP contribution in [0.25, 0.3) is 11.2 Å². The van der Waals surface area contributed by atoms with Crippen LogP contribution in [0.1, 0.15) is 38.4 Å². The molecule has 3 aromatic heterocycles. The molecule has 30 heavy (non-hydrogen) atoms. The highest BCUT2D eigenvalue weighted by molar-refractivity contribution is 5.85. The molecule has 3 aromatic rings. The van der Waals surface area contributed by atoms with Crippen LogP contribution in [0.15, 0.2) is 12.5 Å². The van der Waals surface area contributed by atoms with Crippen LogP contribution in [0.3, 0.4) is 0 Å². The van der Waals surface area contributed by atoms with E-state index in [4.69, 9.17) is 0 Å². The largest absolute Gasteiger partial charge is 0.433 e. The van der Waals surface area contributed by atoms with Gasteiger partial charge in [0.05, 0.1) is 25.2 Å². The number of β-amino-alcohol motifs (C(OH)–C–C–N with tert-alkyl or cyclic N) is 1. The maximum atomic E-state index is 13.2. The average molecular weight is 424 g/mol. The van der Waals surface area contributed by atoms with Crippen molar-refractivity contribution in [3.05, 3.63) is 23.8 Å². The Morgan fingerprint density at radius 2 is 2.03 bits per heavy atom. The fourth-order valence-electron chi connectivity index (χ4n) is 3.45. The second kappa shape index (κ2) is 7.11. The molecular weight excluding hydrogens is 401 g/mol. The summed E-state index contributed by atoms with van der Waals surface area (Å²) in [6.45, 7) is 6.79. The molecule has 3 N–H and O–H groups in total. The Morgan fingerprint density at radius 3 is 2.67 bits per heavy atom. The topological polar surface area (TPSA) is 108 Å². The molecule has 162 valence electrons. The lowest BCUT2D eigenvalue weighted by Crippen LogP contribution is -2.29. The molecule has 1 unspecified atom stereocenters. The minimum absolute atomic E-state index is 0.0103. The zero-order valence-electron chi connectivity index (χ0n) is 16.8. The van der Waals surface area contributed by atoms with Crippen molar-refractivity contribution in [3.8, 4) is 0 Å². The van der Waals surface area contributed by atoms with Gasteiger partial charge in [0.2, 0.25) is 5.95 Å². The number of rotatable bonds is 4. The summed E-state index contributed by atoms with van der Waals surface area (Å²) in [5.74, 6) is 0.890. The summed E-state index contributed by atoms with van der Waals surface area (Å²) in [4.78, 5) is 15.4. The Bertz CT molecular complexity index is 1050. The molecule has 1 fully saturated rings. The average Bonchev–Trinajstić information content (AvgIpc) is 3.33. The van der Waals surface area contributed by atoms with Crippen molar-refractivity contribution in [3.63, 3.8) is 0 Å². The molecule has 4 rings (SSSR count). The van der Waals surface area contributed by atoms with E-state index in [-0.39, 0.29) is 17.6 Å². The zero-order valence-corrected chi connectivity index (χ0v) is 16.8. The monoisotopic (exact) mass is 424 g/mol. The van der Waals surface area contributed by atoms with E-state index in [1.54, 1.807) is 4.57 Å². The van der Waals surface area contributed by atoms with Crippen LogP contribution in [0.4, 0.5) is 24.9 Å². The first kappa shape index (κ1) is 20.4. The number of hydrogen-bond donors (Lipinski definition) is 3. The summed E-state index contributed by atoms with van der Waals surface area (Å²) in [6.07, 6.45) is -1.78. The number of aromatic nitrogens is 6. The van der Waals surface area contributed by atoms with Gasteiger partial charge in [0.25, 0.3) is 0 Å². The molecule has 0 amide bonds. The summed E-state index contributed by atoms with van der Waals surface area (Å²) in [7, 11) is 0. The molecule has 9 nitrogen and oxygen atoms in total. The number of aliphatic hydroxyl groups is 1. The van der Waals surface area contributed by atoms with Crippen LogP contribution in [0.5, 0.6) is 0 Å². The van der Waals surface area contributed by atoms with E-state index in [1.807, 2.05) is 30.8 Å². The normalized spacial score (nSPS) is 17.8. The summed E-state index contributed by atoms with van der Waals surface area (Å²) in [6, 6.07) is 0. The predicted molar refractivity (Wildman–Crippen MR) is 104 cm³/mol. The standard InChI is InChI=1S/C18H23F3N8O/c1-17(2,3)26-16-24-14(28-5-4-11(30)8-28)12-15(25-16)29(9-22-12)7-10-6-23-27-13(10)18(19,20)21/h6,9,11,30H,4-5,7-8H2,1-3H3,(H,23,27)(H,24,25,26). The van der Waals surface area contributed by atoms with Gasteiger partial charge < -0.3 is 19.9 Å². The number of aromatic amines is 1. The van der Waals surface area contributed by atoms with E-state index in [0.29, 0.717) is 42.4 Å². The molecule has 4 heterocycles. The molecule has 0 aliphatic carbocycles. The van der Waals surface area contributed by atoms with Crippen molar-refractivity contribution in [2.24, 2.45) is 0 Å². The molecular formula is C18H23F3N8O. The van der Waals surface area contributed by atoms with Gasteiger partial charge in [0, 0.05) is 24.2 Å². The highest BCUT2D eigenvalue weighted by Gasteiger charge is 2.35. The van der Waals surface area contributed by atoms with Crippen molar-refractivity contribution in [1.29, 1.82) is 0 Å². The van der Waals surface area contributed by atoms with Gasteiger partial charge in [-0.1, -0.05) is 0 Å². The van der Waals surface area contributed by atoms with E-state index >= 15 is 0 Å². The molecule has 0 aromatic carbocycles. The van der Waals surface area contributed by atoms with Gasteiger partial charge in [0.15, 0.2) is 17.0 Å². The third-order valence-electron chi connectivity index (χ3n) is 4.74. The molecule has 0 bridgehead atoms. The van der Waals surface area contributed by atoms with Crippen molar-refractivity contribution in [2.45, 2.75) is 51.6 Å². The van der Waals surface area contributed by atoms with E-state index < -0.39 is 18.0 Å². The molecule has 1 atom stereocenters. The van der Waals surface area contributed by atoms with Crippen LogP contribution in [-0.4, -0.2) is 59.6 Å². The lowest BCUT2D eigenvalue weighted by Gasteiger charge is -2.23. The third-order valence-corrected chi connectivity index (χ3v) is 4.74. The highest BCUT2D eigenvalue weighted by atomic mass is 19.4. The Hall–Kier alpha value is -2.89. The molecule has 1 aliphatic rings. The Morgan fingerprint density at radius 1 is 1.27 bits per heavy atom. The smallest absolute Gasteiger partial charge is 0.391 e. The lowest BCUT2D eigenvalue weighted by atomic mass is 10.1. The number of hydrogen-bond acceptors (Lipinski definition) is 7. The summed E-state index contributed by atoms with van der Waals surface area (Å²) < 4.78 is 41.2. The van der Waals surface area contributed by atoms with Crippen molar-refractivity contribution >= 4 is 22.9 Å². The van der Waals surface area contributed by atoms with Gasteiger partial charge in [0.1, 0.15) is 5.69 Å². The minimum Gasteiger partial charge on any atom is -0.391 e. The van der Waals surface area contributed by atoms with E-state index in [1.165, 1.54) is 6.33 Å². The van der Waals surface area contributed by atoms with Crippen molar-refractivity contribution in [1.82, 2.24) is 29.7 Å². The SMILES string of the molecule is CC(C)(C)Nc1nc(N2CCC(O)C2)c2ncn(Cc3cn[nH]c3C(F)(F)F)c2n1. The molecule has 0 spiro atoms. The molecule has 12 heteroatoms. The van der Waals surface area contributed by atoms with E-state index in [9.17, 15) is 18.3 Å². The van der Waals surface area contributed by atoms with Crippen LogP contribution in [0, 0.1) is 0 Å². The van der Waals surface area contributed by atoms with E-state index in [0.717, 1.165) is 6.20 Å². The number of nitrogens with one attached hydrogen (secondary N) is 2. The zero-order chi connectivity index (χ0) is 21.7. The van der Waals surface area contributed by atoms with Crippen molar-refractivity contribution < 1.29 is 18.3 Å². The molecule has 1 aliphatic heterocycles. The predicted octanol–water partition coefficient (Wildman–Crippen LogP) is 2.40. The van der Waals surface area contributed by atoms with Gasteiger partial charge >= 0.3 is 6.18 Å². The molecule has 0 saturated carbocycles. The quantitative estimate of drug-likeness (QED) is 0.590.